The maximum Gasteiger partial charge on any atom is 0.243 e. The van der Waals surface area contributed by atoms with Crippen molar-refractivity contribution in [2.24, 2.45) is 0 Å². The monoisotopic (exact) mass is 414 g/mol. The third kappa shape index (κ3) is 5.67. The fraction of sp³-hybridized carbons (Fsp3) is 0.435. The van der Waals surface area contributed by atoms with Crippen LogP contribution in [-0.4, -0.2) is 37.3 Å². The van der Waals surface area contributed by atoms with Crippen molar-refractivity contribution in [3.63, 3.8) is 0 Å². The van der Waals surface area contributed by atoms with E-state index in [0.29, 0.717) is 17.9 Å². The van der Waals surface area contributed by atoms with Gasteiger partial charge in [-0.25, -0.2) is 8.42 Å². The Labute approximate surface area is 174 Å². The van der Waals surface area contributed by atoms with Gasteiger partial charge in [-0.2, -0.15) is 4.31 Å². The third-order valence-electron chi connectivity index (χ3n) is 5.60. The smallest absolute Gasteiger partial charge is 0.243 e. The maximum absolute atomic E-state index is 13.5. The zero-order valence-corrected chi connectivity index (χ0v) is 18.0. The van der Waals surface area contributed by atoms with Gasteiger partial charge < -0.3 is 5.32 Å². The Morgan fingerprint density at radius 1 is 1.00 bits per heavy atom. The maximum atomic E-state index is 13.5. The molecule has 5 nitrogen and oxygen atoms in total. The van der Waals surface area contributed by atoms with Crippen molar-refractivity contribution in [2.45, 2.75) is 62.9 Å². The Morgan fingerprint density at radius 3 is 2.21 bits per heavy atom. The number of benzene rings is 2. The summed E-state index contributed by atoms with van der Waals surface area (Å²) in [7, 11) is -3.58. The summed E-state index contributed by atoms with van der Waals surface area (Å²) in [6.45, 7) is 3.93. The molecule has 156 valence electrons. The second kappa shape index (κ2) is 9.55. The van der Waals surface area contributed by atoms with Gasteiger partial charge in [-0.3, -0.25) is 4.79 Å². The van der Waals surface area contributed by atoms with Crippen LogP contribution >= 0.6 is 0 Å². The second-order valence-corrected chi connectivity index (χ2v) is 9.76. The van der Waals surface area contributed by atoms with Crippen molar-refractivity contribution >= 4 is 15.9 Å². The molecule has 1 amide bonds. The summed E-state index contributed by atoms with van der Waals surface area (Å²) >= 11 is 0. The van der Waals surface area contributed by atoms with Crippen LogP contribution in [0.3, 0.4) is 0 Å². The van der Waals surface area contributed by atoms with E-state index in [1.807, 2.05) is 49.4 Å². The number of nitrogens with one attached hydrogen (secondary N) is 1. The molecule has 0 aromatic heterocycles. The molecule has 0 bridgehead atoms. The Bertz CT molecular complexity index is 903. The van der Waals surface area contributed by atoms with Crippen molar-refractivity contribution in [1.29, 1.82) is 0 Å². The van der Waals surface area contributed by atoms with Crippen molar-refractivity contribution in [2.75, 3.05) is 6.54 Å². The third-order valence-corrected chi connectivity index (χ3v) is 7.57. The lowest BCUT2D eigenvalue weighted by molar-refractivity contribution is -0.119. The van der Waals surface area contributed by atoms with Crippen LogP contribution in [0.15, 0.2) is 59.5 Å². The van der Waals surface area contributed by atoms with E-state index in [4.69, 9.17) is 0 Å². The first-order valence-electron chi connectivity index (χ1n) is 10.3. The van der Waals surface area contributed by atoms with E-state index in [9.17, 15) is 13.2 Å². The highest BCUT2D eigenvalue weighted by Crippen LogP contribution is 2.28. The number of aryl methyl sites for hydroxylation is 1. The fourth-order valence-electron chi connectivity index (χ4n) is 4.02. The number of amides is 1. The van der Waals surface area contributed by atoms with E-state index in [1.54, 1.807) is 16.4 Å². The van der Waals surface area contributed by atoms with Crippen molar-refractivity contribution in [1.82, 2.24) is 9.62 Å². The van der Waals surface area contributed by atoms with Gasteiger partial charge in [-0.1, -0.05) is 48.0 Å². The second-order valence-electron chi connectivity index (χ2n) is 7.87. The molecule has 0 heterocycles. The Kier molecular flexibility index (Phi) is 7.09. The highest BCUT2D eigenvalue weighted by molar-refractivity contribution is 7.89. The van der Waals surface area contributed by atoms with E-state index < -0.39 is 10.0 Å². The molecular formula is C23H30N2O3S. The normalized spacial score (nSPS) is 19.8. The summed E-state index contributed by atoms with van der Waals surface area (Å²) in [5, 5.41) is 2.97. The molecule has 29 heavy (non-hydrogen) atoms. The van der Waals surface area contributed by atoms with E-state index in [2.05, 4.69) is 5.32 Å². The average Bonchev–Trinajstić information content (AvgIpc) is 2.70. The lowest BCUT2D eigenvalue weighted by Crippen LogP contribution is -2.46. The lowest BCUT2D eigenvalue weighted by atomic mass is 9.91. The number of hydrogen-bond acceptors (Lipinski definition) is 3. The number of rotatable bonds is 7. The van der Waals surface area contributed by atoms with Crippen LogP contribution in [-0.2, 0) is 21.2 Å². The predicted octanol–water partition coefficient (Wildman–Crippen LogP) is 3.68. The fourth-order valence-corrected chi connectivity index (χ4v) is 5.71. The molecule has 0 spiro atoms. The quantitative estimate of drug-likeness (QED) is 0.752. The van der Waals surface area contributed by atoms with E-state index in [0.717, 1.165) is 36.8 Å². The molecule has 3 rings (SSSR count). The molecule has 2 aromatic rings. The van der Waals surface area contributed by atoms with Crippen LogP contribution in [0.1, 0.15) is 43.7 Å². The van der Waals surface area contributed by atoms with E-state index in [-0.39, 0.29) is 18.0 Å². The summed E-state index contributed by atoms with van der Waals surface area (Å²) in [6, 6.07) is 17.2. The van der Waals surface area contributed by atoms with E-state index >= 15 is 0 Å². The number of hydrogen-bond donors (Lipinski definition) is 1. The van der Waals surface area contributed by atoms with Gasteiger partial charge in [0.2, 0.25) is 15.9 Å². The Morgan fingerprint density at radius 2 is 1.62 bits per heavy atom. The van der Waals surface area contributed by atoms with Gasteiger partial charge in [0, 0.05) is 25.6 Å². The number of nitrogens with zero attached hydrogens (tertiary/aromatic N) is 1. The molecule has 0 radical (unpaired) electrons. The zero-order valence-electron chi connectivity index (χ0n) is 17.2. The highest BCUT2D eigenvalue weighted by Gasteiger charge is 2.34. The molecular weight excluding hydrogens is 384 g/mol. The number of carbonyl (C=O) groups excluding carboxylic acids is 1. The molecule has 0 aliphatic heterocycles. The predicted molar refractivity (Wildman–Crippen MR) is 115 cm³/mol. The van der Waals surface area contributed by atoms with Crippen LogP contribution in [0, 0.1) is 6.92 Å². The standard InChI is InChI=1S/C23H30N2O3S/c1-18-8-14-23(15-9-18)29(27,28)25(17-16-20-6-4-3-5-7-20)22-12-10-21(11-13-22)24-19(2)26/h3-9,14-15,21-22H,10-13,16-17H2,1-2H3,(H,24,26). The topological polar surface area (TPSA) is 66.5 Å². The molecule has 0 atom stereocenters. The van der Waals surface area contributed by atoms with Crippen LogP contribution in [0.25, 0.3) is 0 Å². The van der Waals surface area contributed by atoms with Gasteiger partial charge in [0.1, 0.15) is 0 Å². The van der Waals surface area contributed by atoms with Crippen molar-refractivity contribution in [3.05, 3.63) is 65.7 Å². The minimum absolute atomic E-state index is 0.0262. The molecule has 1 N–H and O–H groups in total. The Hall–Kier alpha value is -2.18. The van der Waals surface area contributed by atoms with Crippen molar-refractivity contribution in [3.8, 4) is 0 Å². The largest absolute Gasteiger partial charge is 0.354 e. The minimum atomic E-state index is -3.58. The van der Waals surface area contributed by atoms with Gasteiger partial charge in [-0.05, 0) is 56.7 Å². The molecule has 1 saturated carbocycles. The molecule has 0 unspecified atom stereocenters. The van der Waals surface area contributed by atoms with Gasteiger partial charge in [0.05, 0.1) is 4.90 Å². The van der Waals surface area contributed by atoms with Gasteiger partial charge in [0.25, 0.3) is 0 Å². The lowest BCUT2D eigenvalue weighted by Gasteiger charge is -2.36. The van der Waals surface area contributed by atoms with Crippen LogP contribution in [0.4, 0.5) is 0 Å². The van der Waals surface area contributed by atoms with Gasteiger partial charge in [-0.15, -0.1) is 0 Å². The van der Waals surface area contributed by atoms with Crippen molar-refractivity contribution < 1.29 is 13.2 Å². The molecule has 1 aliphatic carbocycles. The van der Waals surface area contributed by atoms with Gasteiger partial charge >= 0.3 is 0 Å². The molecule has 0 saturated heterocycles. The first kappa shape index (κ1) is 21.5. The summed E-state index contributed by atoms with van der Waals surface area (Å²) in [5.41, 5.74) is 2.17. The zero-order chi connectivity index (χ0) is 20.9. The number of sulfonamides is 1. The number of carbonyl (C=O) groups is 1. The molecule has 1 aliphatic rings. The first-order valence-corrected chi connectivity index (χ1v) is 11.7. The SMILES string of the molecule is CC(=O)NC1CCC(N(CCc2ccccc2)S(=O)(=O)c2ccc(C)cc2)CC1. The molecule has 1 fully saturated rings. The summed E-state index contributed by atoms with van der Waals surface area (Å²) in [4.78, 5) is 11.7. The minimum Gasteiger partial charge on any atom is -0.354 e. The Balaban J connectivity index is 1.80. The van der Waals surface area contributed by atoms with E-state index in [1.165, 1.54) is 6.92 Å². The molecule has 2 aromatic carbocycles. The summed E-state index contributed by atoms with van der Waals surface area (Å²) < 4.78 is 28.6. The molecule has 6 heteroatoms. The first-order chi connectivity index (χ1) is 13.9. The average molecular weight is 415 g/mol. The summed E-state index contributed by atoms with van der Waals surface area (Å²) in [5.74, 6) is -0.0262. The van der Waals surface area contributed by atoms with Crippen LogP contribution in [0.5, 0.6) is 0 Å². The van der Waals surface area contributed by atoms with Crippen LogP contribution in [0.2, 0.25) is 0 Å². The highest BCUT2D eigenvalue weighted by atomic mass is 32.2. The van der Waals surface area contributed by atoms with Crippen LogP contribution < -0.4 is 5.32 Å². The summed E-state index contributed by atoms with van der Waals surface area (Å²) in [6.07, 6.45) is 3.79. The van der Waals surface area contributed by atoms with Gasteiger partial charge in [0.15, 0.2) is 0 Å².